The van der Waals surface area contributed by atoms with E-state index in [1.807, 2.05) is 47.4 Å². The molecule has 1 heterocycles. The first-order valence-electron chi connectivity index (χ1n) is 17.0. The maximum Gasteiger partial charge on any atom is 0.222 e. The molecule has 1 amide bonds. The summed E-state index contributed by atoms with van der Waals surface area (Å²) < 4.78 is 12.1. The van der Waals surface area contributed by atoms with Gasteiger partial charge in [0.25, 0.3) is 0 Å². The molecule has 7 nitrogen and oxygen atoms in total. The summed E-state index contributed by atoms with van der Waals surface area (Å²) in [5.41, 5.74) is 1.56. The van der Waals surface area contributed by atoms with E-state index in [2.05, 4.69) is 62.6 Å². The van der Waals surface area contributed by atoms with Crippen molar-refractivity contribution in [2.45, 2.75) is 42.9 Å². The normalized spacial score (nSPS) is 23.4. The van der Waals surface area contributed by atoms with E-state index in [1.165, 1.54) is 5.56 Å². The van der Waals surface area contributed by atoms with E-state index in [9.17, 15) is 15.0 Å². The van der Waals surface area contributed by atoms with E-state index < -0.39 is 23.0 Å². The molecule has 2 aliphatic rings. The molecule has 7 heteroatoms. The van der Waals surface area contributed by atoms with Gasteiger partial charge in [-0.1, -0.05) is 91.0 Å². The van der Waals surface area contributed by atoms with Crippen molar-refractivity contribution < 1.29 is 29.0 Å². The van der Waals surface area contributed by atoms with Crippen molar-refractivity contribution in [2.75, 3.05) is 47.9 Å². The highest BCUT2D eigenvalue weighted by Crippen LogP contribution is 2.60. The summed E-state index contributed by atoms with van der Waals surface area (Å²) in [6.07, 6.45) is 0.283. The molecule has 4 aromatic carbocycles. The highest BCUT2D eigenvalue weighted by atomic mass is 16.5. The summed E-state index contributed by atoms with van der Waals surface area (Å²) in [5, 5.41) is 25.2. The van der Waals surface area contributed by atoms with Gasteiger partial charge in [-0.2, -0.15) is 0 Å². The molecule has 6 rings (SSSR count). The van der Waals surface area contributed by atoms with Gasteiger partial charge >= 0.3 is 0 Å². The fourth-order valence-electron chi connectivity index (χ4n) is 8.59. The zero-order valence-corrected chi connectivity index (χ0v) is 28.6. The first-order valence-corrected chi connectivity index (χ1v) is 17.0. The quantitative estimate of drug-likeness (QED) is 0.202. The Morgan fingerprint density at radius 1 is 0.833 bits per heavy atom. The van der Waals surface area contributed by atoms with Crippen LogP contribution in [0, 0.1) is 11.8 Å². The predicted octanol–water partition coefficient (Wildman–Crippen LogP) is 5.77. The Morgan fingerprint density at radius 2 is 1.42 bits per heavy atom. The van der Waals surface area contributed by atoms with E-state index in [-0.39, 0.29) is 18.2 Å². The molecular formula is C41H49N2O5+. The Morgan fingerprint density at radius 3 is 2.00 bits per heavy atom. The molecule has 2 fully saturated rings. The number of aliphatic hydroxyl groups is 2. The summed E-state index contributed by atoms with van der Waals surface area (Å²) in [6.45, 7) is 2.55. The number of nitrogens with zero attached hydrogens (tertiary/aromatic N) is 2. The number of ether oxygens (including phenoxy) is 2. The fourth-order valence-corrected chi connectivity index (χ4v) is 8.59. The third-order valence-electron chi connectivity index (χ3n) is 10.9. The summed E-state index contributed by atoms with van der Waals surface area (Å²) in [7, 11) is 7.57. The molecule has 0 bridgehead atoms. The van der Waals surface area contributed by atoms with E-state index in [0.29, 0.717) is 36.6 Å². The number of amides is 1. The van der Waals surface area contributed by atoms with Crippen LogP contribution in [-0.2, 0) is 22.4 Å². The largest absolute Gasteiger partial charge is 0.497 e. The first kappa shape index (κ1) is 33.7. The van der Waals surface area contributed by atoms with Crippen molar-refractivity contribution in [3.63, 3.8) is 0 Å². The molecule has 1 saturated carbocycles. The highest BCUT2D eigenvalue weighted by molar-refractivity contribution is 5.76. The molecule has 0 spiro atoms. The van der Waals surface area contributed by atoms with Gasteiger partial charge in [-0.05, 0) is 41.7 Å². The third kappa shape index (κ3) is 6.23. The Hall–Kier alpha value is -4.17. The van der Waals surface area contributed by atoms with Crippen LogP contribution in [0.25, 0.3) is 0 Å². The Bertz CT molecular complexity index is 1640. The number of carbonyl (C=O) groups excluding carboxylic acids is 1. The minimum atomic E-state index is -1.69. The smallest absolute Gasteiger partial charge is 0.222 e. The number of methoxy groups -OCH3 is 2. The van der Waals surface area contributed by atoms with Gasteiger partial charge in [0.2, 0.25) is 5.91 Å². The van der Waals surface area contributed by atoms with E-state index >= 15 is 0 Å². The Labute approximate surface area is 285 Å². The lowest BCUT2D eigenvalue weighted by Gasteiger charge is -2.55. The second kappa shape index (κ2) is 13.7. The number of rotatable bonds is 11. The van der Waals surface area contributed by atoms with Crippen molar-refractivity contribution in [1.29, 1.82) is 0 Å². The number of aliphatic hydroxyl groups excluding tert-OH is 1. The zero-order valence-electron chi connectivity index (χ0n) is 28.6. The van der Waals surface area contributed by atoms with Crippen molar-refractivity contribution in [2.24, 2.45) is 11.8 Å². The first-order chi connectivity index (χ1) is 23.1. The van der Waals surface area contributed by atoms with Crippen LogP contribution in [0.4, 0.5) is 0 Å². The molecule has 1 aliphatic carbocycles. The molecule has 2 N–H and O–H groups in total. The van der Waals surface area contributed by atoms with Gasteiger partial charge in [0.05, 0.1) is 41.0 Å². The minimum absolute atomic E-state index is 0.0774. The van der Waals surface area contributed by atoms with Crippen molar-refractivity contribution in [3.8, 4) is 11.5 Å². The molecule has 1 aliphatic heterocycles. The molecule has 4 aromatic rings. The van der Waals surface area contributed by atoms with Crippen molar-refractivity contribution in [3.05, 3.63) is 131 Å². The van der Waals surface area contributed by atoms with Crippen LogP contribution in [0.1, 0.15) is 41.5 Å². The molecule has 1 saturated heterocycles. The standard InChI is InChI=1S/C41H49N2O5/c1-43(2,29-30-15-8-5-9-16-30)24-14-21-39(45)42-27-35-36(28-42)41(46,34-25-33(47-3)22-23-37(34)48-4)38(44)26-40(35,31-17-10-6-11-18-31)32-19-12-7-13-20-32/h5-13,15-20,22-23,25,35-36,38,44,46H,14,21,24,26-29H2,1-4H3/q+1. The number of hydrogen-bond donors (Lipinski definition) is 2. The number of hydrogen-bond acceptors (Lipinski definition) is 5. The number of likely N-dealkylation sites (tertiary alicyclic amines) is 1. The maximum atomic E-state index is 14.1. The topological polar surface area (TPSA) is 79.2 Å². The summed E-state index contributed by atoms with van der Waals surface area (Å²) in [4.78, 5) is 16.0. The average molecular weight is 650 g/mol. The Balaban J connectivity index is 1.36. The SMILES string of the molecule is COc1ccc(OC)c(C2(O)C(O)CC(c3ccccc3)(c3ccccc3)C3CN(C(=O)CCC[N+](C)(C)Cc4ccccc4)CC32)c1. The lowest BCUT2D eigenvalue weighted by Crippen LogP contribution is -2.60. The molecular weight excluding hydrogens is 600 g/mol. The number of fused-ring (bicyclic) bond motifs is 1. The van der Waals surface area contributed by atoms with Crippen LogP contribution in [0.2, 0.25) is 0 Å². The molecule has 0 radical (unpaired) electrons. The minimum Gasteiger partial charge on any atom is -0.497 e. The van der Waals surface area contributed by atoms with Gasteiger partial charge in [-0.15, -0.1) is 0 Å². The van der Waals surface area contributed by atoms with Gasteiger partial charge < -0.3 is 29.1 Å². The van der Waals surface area contributed by atoms with E-state index in [1.54, 1.807) is 32.4 Å². The van der Waals surface area contributed by atoms with Crippen LogP contribution in [-0.4, -0.2) is 79.6 Å². The number of carbonyl (C=O) groups is 1. The fraction of sp³-hybridized carbons (Fsp3) is 0.390. The maximum absolute atomic E-state index is 14.1. The van der Waals surface area contributed by atoms with Crippen LogP contribution in [0.5, 0.6) is 11.5 Å². The molecule has 4 atom stereocenters. The van der Waals surface area contributed by atoms with Crippen LogP contribution < -0.4 is 9.47 Å². The monoisotopic (exact) mass is 649 g/mol. The van der Waals surface area contributed by atoms with Gasteiger partial charge in [0.1, 0.15) is 23.6 Å². The van der Waals surface area contributed by atoms with Gasteiger partial charge in [0.15, 0.2) is 0 Å². The zero-order chi connectivity index (χ0) is 33.9. The van der Waals surface area contributed by atoms with E-state index in [0.717, 1.165) is 35.1 Å². The van der Waals surface area contributed by atoms with Gasteiger partial charge in [-0.3, -0.25) is 4.79 Å². The summed E-state index contributed by atoms with van der Waals surface area (Å²) in [5.74, 6) is 0.436. The summed E-state index contributed by atoms with van der Waals surface area (Å²) in [6, 6.07) is 36.4. The third-order valence-corrected chi connectivity index (χ3v) is 10.9. The van der Waals surface area contributed by atoms with Crippen LogP contribution in [0.3, 0.4) is 0 Å². The Kier molecular flexibility index (Phi) is 9.66. The average Bonchev–Trinajstić information content (AvgIpc) is 3.58. The van der Waals surface area contributed by atoms with Crippen molar-refractivity contribution in [1.82, 2.24) is 4.90 Å². The predicted molar refractivity (Wildman–Crippen MR) is 188 cm³/mol. The van der Waals surface area contributed by atoms with Gasteiger partial charge in [0, 0.05) is 48.4 Å². The molecule has 48 heavy (non-hydrogen) atoms. The van der Waals surface area contributed by atoms with E-state index in [4.69, 9.17) is 9.47 Å². The van der Waals surface area contributed by atoms with Crippen molar-refractivity contribution >= 4 is 5.91 Å². The lowest BCUT2D eigenvalue weighted by molar-refractivity contribution is -0.903. The highest BCUT2D eigenvalue weighted by Gasteiger charge is 2.65. The lowest BCUT2D eigenvalue weighted by atomic mass is 9.51. The molecule has 4 unspecified atom stereocenters. The van der Waals surface area contributed by atoms with Crippen LogP contribution in [0.15, 0.2) is 109 Å². The molecule has 0 aromatic heterocycles. The number of benzene rings is 4. The van der Waals surface area contributed by atoms with Gasteiger partial charge in [-0.25, -0.2) is 0 Å². The second-order valence-corrected chi connectivity index (χ2v) is 14.2. The summed E-state index contributed by atoms with van der Waals surface area (Å²) >= 11 is 0. The van der Waals surface area contributed by atoms with Crippen LogP contribution >= 0.6 is 0 Å². The number of quaternary nitrogens is 1. The molecule has 252 valence electrons. The second-order valence-electron chi connectivity index (χ2n) is 14.2.